The molecule has 0 radical (unpaired) electrons. The van der Waals surface area contributed by atoms with Crippen LogP contribution in [0.5, 0.6) is 5.75 Å². The fourth-order valence-electron chi connectivity index (χ4n) is 2.96. The van der Waals surface area contributed by atoms with Gasteiger partial charge in [0, 0.05) is 18.7 Å². The first kappa shape index (κ1) is 17.0. The second kappa shape index (κ2) is 7.83. The van der Waals surface area contributed by atoms with Crippen LogP contribution in [-0.2, 0) is 28.9 Å². The lowest BCUT2D eigenvalue weighted by Crippen LogP contribution is -2.25. The Balaban J connectivity index is 1.42. The quantitative estimate of drug-likeness (QED) is 0.815. The molecule has 0 spiro atoms. The Morgan fingerprint density at radius 1 is 1.16 bits per heavy atom. The molecule has 0 saturated heterocycles. The Morgan fingerprint density at radius 2 is 2.00 bits per heavy atom. The van der Waals surface area contributed by atoms with Gasteiger partial charge in [0.05, 0.1) is 13.5 Å². The van der Waals surface area contributed by atoms with Gasteiger partial charge in [-0.05, 0) is 47.7 Å². The van der Waals surface area contributed by atoms with Gasteiger partial charge >= 0.3 is 0 Å². The molecule has 3 rings (SSSR count). The summed E-state index contributed by atoms with van der Waals surface area (Å²) >= 11 is 0. The molecule has 2 aromatic rings. The van der Waals surface area contributed by atoms with Crippen LogP contribution in [0.1, 0.15) is 23.1 Å². The van der Waals surface area contributed by atoms with Gasteiger partial charge in [0.25, 0.3) is 0 Å². The van der Waals surface area contributed by atoms with Crippen molar-refractivity contribution in [3.8, 4) is 5.75 Å². The second-order valence-corrected chi connectivity index (χ2v) is 6.17. The van der Waals surface area contributed by atoms with E-state index in [0.717, 1.165) is 34.5 Å². The SMILES string of the molecule is COc1cccc(CCC(=O)NCCc2ccc3c(c2)CC(=O)N3)c1. The number of hydrogen-bond donors (Lipinski definition) is 2. The molecule has 2 amide bonds. The average molecular weight is 338 g/mol. The zero-order chi connectivity index (χ0) is 17.6. The molecule has 0 bridgehead atoms. The molecule has 2 N–H and O–H groups in total. The van der Waals surface area contributed by atoms with Crippen molar-refractivity contribution >= 4 is 17.5 Å². The zero-order valence-corrected chi connectivity index (χ0v) is 14.3. The lowest BCUT2D eigenvalue weighted by molar-refractivity contribution is -0.121. The first-order valence-electron chi connectivity index (χ1n) is 8.45. The zero-order valence-electron chi connectivity index (χ0n) is 14.3. The van der Waals surface area contributed by atoms with Crippen molar-refractivity contribution in [3.63, 3.8) is 0 Å². The summed E-state index contributed by atoms with van der Waals surface area (Å²) in [5.41, 5.74) is 4.15. The Morgan fingerprint density at radius 3 is 2.84 bits per heavy atom. The predicted molar refractivity (Wildman–Crippen MR) is 96.8 cm³/mol. The van der Waals surface area contributed by atoms with E-state index in [9.17, 15) is 9.59 Å². The maximum absolute atomic E-state index is 12.0. The van der Waals surface area contributed by atoms with E-state index < -0.39 is 0 Å². The molecule has 0 unspecified atom stereocenters. The molecule has 0 fully saturated rings. The number of rotatable bonds is 7. The highest BCUT2D eigenvalue weighted by Crippen LogP contribution is 2.23. The number of benzene rings is 2. The highest BCUT2D eigenvalue weighted by molar-refractivity contribution is 5.99. The number of fused-ring (bicyclic) bond motifs is 1. The maximum atomic E-state index is 12.0. The average Bonchev–Trinajstić information content (AvgIpc) is 2.99. The van der Waals surface area contributed by atoms with E-state index in [1.54, 1.807) is 7.11 Å². The lowest BCUT2D eigenvalue weighted by Gasteiger charge is -2.07. The molecule has 1 aliphatic heterocycles. The standard InChI is InChI=1S/C20H22N2O3/c1-25-17-4-2-3-14(12-17)6-8-19(23)21-10-9-15-5-7-18-16(11-15)13-20(24)22-18/h2-5,7,11-12H,6,8-10,13H2,1H3,(H,21,23)(H,22,24). The molecule has 1 aliphatic rings. The van der Waals surface area contributed by atoms with Gasteiger partial charge in [-0.15, -0.1) is 0 Å². The van der Waals surface area contributed by atoms with Gasteiger partial charge in [0.2, 0.25) is 11.8 Å². The summed E-state index contributed by atoms with van der Waals surface area (Å²) in [6.45, 7) is 0.594. The number of ether oxygens (including phenoxy) is 1. The van der Waals surface area contributed by atoms with Crippen molar-refractivity contribution in [1.82, 2.24) is 5.32 Å². The normalized spacial score (nSPS) is 12.4. The molecule has 5 nitrogen and oxygen atoms in total. The molecule has 1 heterocycles. The first-order chi connectivity index (χ1) is 12.1. The van der Waals surface area contributed by atoms with Crippen LogP contribution in [-0.4, -0.2) is 25.5 Å². The third kappa shape index (κ3) is 4.59. The number of nitrogens with one attached hydrogen (secondary N) is 2. The summed E-state index contributed by atoms with van der Waals surface area (Å²) in [7, 11) is 1.64. The van der Waals surface area contributed by atoms with Crippen LogP contribution >= 0.6 is 0 Å². The van der Waals surface area contributed by atoms with Gasteiger partial charge in [-0.3, -0.25) is 9.59 Å². The summed E-state index contributed by atoms with van der Waals surface area (Å²) in [6, 6.07) is 13.7. The number of carbonyl (C=O) groups is 2. The van der Waals surface area contributed by atoms with Crippen LogP contribution < -0.4 is 15.4 Å². The number of methoxy groups -OCH3 is 1. The van der Waals surface area contributed by atoms with Crippen LogP contribution in [0.2, 0.25) is 0 Å². The molecule has 0 aromatic heterocycles. The Hall–Kier alpha value is -2.82. The van der Waals surface area contributed by atoms with Crippen LogP contribution in [0.25, 0.3) is 0 Å². The van der Waals surface area contributed by atoms with Crippen molar-refractivity contribution in [2.75, 3.05) is 19.0 Å². The van der Waals surface area contributed by atoms with Gasteiger partial charge in [-0.2, -0.15) is 0 Å². The van der Waals surface area contributed by atoms with Crippen molar-refractivity contribution in [1.29, 1.82) is 0 Å². The largest absolute Gasteiger partial charge is 0.497 e. The van der Waals surface area contributed by atoms with E-state index in [1.807, 2.05) is 42.5 Å². The monoisotopic (exact) mass is 338 g/mol. The Kier molecular flexibility index (Phi) is 5.33. The smallest absolute Gasteiger partial charge is 0.228 e. The second-order valence-electron chi connectivity index (χ2n) is 6.17. The number of hydrogen-bond acceptors (Lipinski definition) is 3. The van der Waals surface area contributed by atoms with E-state index in [-0.39, 0.29) is 11.8 Å². The number of anilines is 1. The maximum Gasteiger partial charge on any atom is 0.228 e. The Bertz CT molecular complexity index is 786. The third-order valence-corrected chi connectivity index (χ3v) is 4.31. The number of aryl methyl sites for hydroxylation is 1. The Labute approximate surface area is 147 Å². The fourth-order valence-corrected chi connectivity index (χ4v) is 2.96. The molecule has 0 atom stereocenters. The van der Waals surface area contributed by atoms with Gasteiger partial charge in [-0.25, -0.2) is 0 Å². The van der Waals surface area contributed by atoms with E-state index in [1.165, 1.54) is 0 Å². The molecule has 2 aromatic carbocycles. The van der Waals surface area contributed by atoms with Crippen molar-refractivity contribution in [2.24, 2.45) is 0 Å². The van der Waals surface area contributed by atoms with Crippen LogP contribution in [0.3, 0.4) is 0 Å². The van der Waals surface area contributed by atoms with Gasteiger partial charge in [0.1, 0.15) is 5.75 Å². The van der Waals surface area contributed by atoms with Gasteiger partial charge in [-0.1, -0.05) is 24.3 Å². The molecule has 0 aliphatic carbocycles. The summed E-state index contributed by atoms with van der Waals surface area (Å²) in [5.74, 6) is 0.890. The summed E-state index contributed by atoms with van der Waals surface area (Å²) in [6.07, 6.45) is 2.34. The minimum atomic E-state index is 0.0398. The molecular weight excluding hydrogens is 316 g/mol. The van der Waals surface area contributed by atoms with Crippen molar-refractivity contribution in [3.05, 3.63) is 59.2 Å². The first-order valence-corrected chi connectivity index (χ1v) is 8.45. The van der Waals surface area contributed by atoms with Crippen LogP contribution in [0.4, 0.5) is 5.69 Å². The van der Waals surface area contributed by atoms with Gasteiger partial charge in [0.15, 0.2) is 0 Å². The van der Waals surface area contributed by atoms with Crippen molar-refractivity contribution in [2.45, 2.75) is 25.7 Å². The minimum Gasteiger partial charge on any atom is -0.497 e. The molecule has 0 saturated carbocycles. The molecule has 25 heavy (non-hydrogen) atoms. The fraction of sp³-hybridized carbons (Fsp3) is 0.300. The molecular formula is C20H22N2O3. The number of carbonyl (C=O) groups excluding carboxylic acids is 2. The molecule has 5 heteroatoms. The van der Waals surface area contributed by atoms with Crippen molar-refractivity contribution < 1.29 is 14.3 Å². The highest BCUT2D eigenvalue weighted by Gasteiger charge is 2.17. The molecule has 130 valence electrons. The number of amides is 2. The lowest BCUT2D eigenvalue weighted by atomic mass is 10.1. The predicted octanol–water partition coefficient (Wildman–Crippen LogP) is 2.48. The summed E-state index contributed by atoms with van der Waals surface area (Å²) in [4.78, 5) is 23.4. The topological polar surface area (TPSA) is 67.4 Å². The van der Waals surface area contributed by atoms with E-state index in [4.69, 9.17) is 4.74 Å². The minimum absolute atomic E-state index is 0.0398. The third-order valence-electron chi connectivity index (χ3n) is 4.31. The highest BCUT2D eigenvalue weighted by atomic mass is 16.5. The van der Waals surface area contributed by atoms with E-state index in [0.29, 0.717) is 25.8 Å². The van der Waals surface area contributed by atoms with E-state index in [2.05, 4.69) is 10.6 Å². The van der Waals surface area contributed by atoms with Gasteiger partial charge < -0.3 is 15.4 Å². The van der Waals surface area contributed by atoms with Crippen LogP contribution in [0.15, 0.2) is 42.5 Å². The summed E-state index contributed by atoms with van der Waals surface area (Å²) in [5, 5.41) is 5.78. The summed E-state index contributed by atoms with van der Waals surface area (Å²) < 4.78 is 5.19. The van der Waals surface area contributed by atoms with E-state index >= 15 is 0 Å². The van der Waals surface area contributed by atoms with Crippen LogP contribution in [0, 0.1) is 0 Å².